The lowest BCUT2D eigenvalue weighted by Crippen LogP contribution is -2.48. The summed E-state index contributed by atoms with van der Waals surface area (Å²) in [5.74, 6) is 1.04. The molecule has 5 nitrogen and oxygen atoms in total. The van der Waals surface area contributed by atoms with Crippen molar-refractivity contribution < 1.29 is 8.42 Å². The Kier molecular flexibility index (Phi) is 5.62. The first kappa shape index (κ1) is 15.2. The molecule has 2 N–H and O–H groups in total. The maximum atomic E-state index is 12.2. The number of nitrogens with one attached hydrogen (secondary N) is 2. The predicted octanol–water partition coefficient (Wildman–Crippen LogP) is 0.942. The molecule has 0 aromatic heterocycles. The lowest BCUT2D eigenvalue weighted by atomic mass is 10.00. The third-order valence-corrected chi connectivity index (χ3v) is 5.48. The van der Waals surface area contributed by atoms with Gasteiger partial charge in [0, 0.05) is 19.6 Å². The van der Waals surface area contributed by atoms with Crippen molar-refractivity contribution in [1.82, 2.24) is 14.3 Å². The lowest BCUT2D eigenvalue weighted by Gasteiger charge is -2.32. The van der Waals surface area contributed by atoms with E-state index in [1.54, 1.807) is 4.31 Å². The molecule has 0 radical (unpaired) electrons. The van der Waals surface area contributed by atoms with E-state index in [9.17, 15) is 8.42 Å². The van der Waals surface area contributed by atoms with Crippen LogP contribution in [0.15, 0.2) is 0 Å². The number of piperidine rings is 1. The van der Waals surface area contributed by atoms with Crippen molar-refractivity contribution in [3.63, 3.8) is 0 Å². The first-order chi connectivity index (χ1) is 9.12. The van der Waals surface area contributed by atoms with Crippen molar-refractivity contribution in [2.45, 2.75) is 39.0 Å². The molecule has 1 unspecified atom stereocenters. The van der Waals surface area contributed by atoms with Crippen LogP contribution in [-0.2, 0) is 10.2 Å². The number of nitrogens with zero attached hydrogens (tertiary/aromatic N) is 1. The van der Waals surface area contributed by atoms with Crippen LogP contribution >= 0.6 is 0 Å². The van der Waals surface area contributed by atoms with Crippen LogP contribution in [-0.4, -0.2) is 45.4 Å². The van der Waals surface area contributed by atoms with Gasteiger partial charge < -0.3 is 5.32 Å². The van der Waals surface area contributed by atoms with Crippen LogP contribution < -0.4 is 10.0 Å². The number of rotatable bonds is 8. The first-order valence-electron chi connectivity index (χ1n) is 7.57. The average molecular weight is 289 g/mol. The molecule has 0 aromatic rings. The SMILES string of the molecule is CCCNCC1CCCN(S(=O)(=O)NCC2CC2)C1. The molecule has 6 heteroatoms. The van der Waals surface area contributed by atoms with Gasteiger partial charge >= 0.3 is 0 Å². The summed E-state index contributed by atoms with van der Waals surface area (Å²) in [6.07, 6.45) is 5.57. The summed E-state index contributed by atoms with van der Waals surface area (Å²) in [4.78, 5) is 0. The highest BCUT2D eigenvalue weighted by molar-refractivity contribution is 7.87. The van der Waals surface area contributed by atoms with Gasteiger partial charge in [-0.1, -0.05) is 6.92 Å². The second kappa shape index (κ2) is 7.02. The van der Waals surface area contributed by atoms with Gasteiger partial charge in [-0.3, -0.25) is 0 Å². The van der Waals surface area contributed by atoms with Gasteiger partial charge in [0.05, 0.1) is 0 Å². The van der Waals surface area contributed by atoms with Crippen molar-refractivity contribution in [3.05, 3.63) is 0 Å². The molecule has 1 atom stereocenters. The molecule has 1 heterocycles. The predicted molar refractivity (Wildman–Crippen MR) is 77.1 cm³/mol. The molecule has 2 fully saturated rings. The fraction of sp³-hybridized carbons (Fsp3) is 1.00. The standard InChI is InChI=1S/C13H27N3O2S/c1-2-7-14-9-13-4-3-8-16(11-13)19(17,18)15-10-12-5-6-12/h12-15H,2-11H2,1H3. The minimum Gasteiger partial charge on any atom is -0.316 e. The second-order valence-electron chi connectivity index (χ2n) is 5.87. The molecule has 0 aromatic carbocycles. The third-order valence-electron chi connectivity index (χ3n) is 3.93. The van der Waals surface area contributed by atoms with Crippen molar-refractivity contribution in [2.75, 3.05) is 32.7 Å². The molecule has 112 valence electrons. The van der Waals surface area contributed by atoms with Gasteiger partial charge in [0.25, 0.3) is 10.2 Å². The molecule has 2 aliphatic rings. The van der Waals surface area contributed by atoms with Crippen LogP contribution in [0.25, 0.3) is 0 Å². The Labute approximate surface area is 117 Å². The molecular weight excluding hydrogens is 262 g/mol. The fourth-order valence-electron chi connectivity index (χ4n) is 2.53. The quantitative estimate of drug-likeness (QED) is 0.654. The Morgan fingerprint density at radius 1 is 1.16 bits per heavy atom. The van der Waals surface area contributed by atoms with Gasteiger partial charge in [-0.15, -0.1) is 0 Å². The Balaban J connectivity index is 1.77. The maximum absolute atomic E-state index is 12.2. The van der Waals surface area contributed by atoms with E-state index < -0.39 is 10.2 Å². The van der Waals surface area contributed by atoms with E-state index in [-0.39, 0.29) is 0 Å². The molecule has 0 spiro atoms. The lowest BCUT2D eigenvalue weighted by molar-refractivity contribution is 0.258. The molecular formula is C13H27N3O2S. The van der Waals surface area contributed by atoms with E-state index >= 15 is 0 Å². The van der Waals surface area contributed by atoms with E-state index in [1.165, 1.54) is 12.8 Å². The summed E-state index contributed by atoms with van der Waals surface area (Å²) in [5.41, 5.74) is 0. The smallest absolute Gasteiger partial charge is 0.279 e. The number of hydrogen-bond acceptors (Lipinski definition) is 3. The van der Waals surface area contributed by atoms with E-state index in [0.29, 0.717) is 31.5 Å². The van der Waals surface area contributed by atoms with Crippen molar-refractivity contribution in [2.24, 2.45) is 11.8 Å². The van der Waals surface area contributed by atoms with E-state index in [1.807, 2.05) is 0 Å². The average Bonchev–Trinajstić information content (AvgIpc) is 3.21. The molecule has 1 saturated heterocycles. The van der Waals surface area contributed by atoms with Gasteiger partial charge in [0.1, 0.15) is 0 Å². The molecule has 1 aliphatic heterocycles. The summed E-state index contributed by atoms with van der Waals surface area (Å²) in [5, 5.41) is 3.40. The highest BCUT2D eigenvalue weighted by Gasteiger charge is 2.30. The van der Waals surface area contributed by atoms with Crippen LogP contribution in [0.5, 0.6) is 0 Å². The summed E-state index contributed by atoms with van der Waals surface area (Å²) >= 11 is 0. The fourth-order valence-corrected chi connectivity index (χ4v) is 3.94. The maximum Gasteiger partial charge on any atom is 0.279 e. The Bertz CT molecular complexity index is 368. The van der Waals surface area contributed by atoms with Crippen LogP contribution in [0.1, 0.15) is 39.0 Å². The highest BCUT2D eigenvalue weighted by Crippen LogP contribution is 2.28. The molecule has 0 bridgehead atoms. The van der Waals surface area contributed by atoms with Crippen LogP contribution in [0.2, 0.25) is 0 Å². The second-order valence-corrected chi connectivity index (χ2v) is 7.62. The molecule has 0 amide bonds. The molecule has 1 saturated carbocycles. The zero-order chi connectivity index (χ0) is 13.7. The summed E-state index contributed by atoms with van der Waals surface area (Å²) in [6.45, 7) is 6.05. The van der Waals surface area contributed by atoms with E-state index in [0.717, 1.165) is 32.4 Å². The first-order valence-corrected chi connectivity index (χ1v) is 9.01. The van der Waals surface area contributed by atoms with Crippen LogP contribution in [0.4, 0.5) is 0 Å². The van der Waals surface area contributed by atoms with Gasteiger partial charge in [0.2, 0.25) is 0 Å². The number of hydrogen-bond donors (Lipinski definition) is 2. The Morgan fingerprint density at radius 3 is 2.63 bits per heavy atom. The topological polar surface area (TPSA) is 61.4 Å². The summed E-state index contributed by atoms with van der Waals surface area (Å²) < 4.78 is 28.8. The molecule has 19 heavy (non-hydrogen) atoms. The Morgan fingerprint density at radius 2 is 1.95 bits per heavy atom. The van der Waals surface area contributed by atoms with Crippen molar-refractivity contribution >= 4 is 10.2 Å². The summed E-state index contributed by atoms with van der Waals surface area (Å²) in [6, 6.07) is 0. The van der Waals surface area contributed by atoms with E-state index in [2.05, 4.69) is 17.0 Å². The molecule has 1 aliphatic carbocycles. The van der Waals surface area contributed by atoms with Crippen LogP contribution in [0, 0.1) is 11.8 Å². The minimum atomic E-state index is -3.25. The van der Waals surface area contributed by atoms with Gasteiger partial charge in [-0.2, -0.15) is 12.7 Å². The van der Waals surface area contributed by atoms with Crippen molar-refractivity contribution in [3.8, 4) is 0 Å². The van der Waals surface area contributed by atoms with Gasteiger partial charge in [-0.05, 0) is 57.0 Å². The highest BCUT2D eigenvalue weighted by atomic mass is 32.2. The molecule has 2 rings (SSSR count). The Hall–Kier alpha value is -0.170. The van der Waals surface area contributed by atoms with Crippen LogP contribution in [0.3, 0.4) is 0 Å². The zero-order valence-electron chi connectivity index (χ0n) is 11.9. The van der Waals surface area contributed by atoms with Gasteiger partial charge in [0.15, 0.2) is 0 Å². The summed E-state index contributed by atoms with van der Waals surface area (Å²) in [7, 11) is -3.25. The normalized spacial score (nSPS) is 25.6. The minimum absolute atomic E-state index is 0.456. The zero-order valence-corrected chi connectivity index (χ0v) is 12.7. The van der Waals surface area contributed by atoms with Gasteiger partial charge in [-0.25, -0.2) is 4.72 Å². The largest absolute Gasteiger partial charge is 0.316 e. The monoisotopic (exact) mass is 289 g/mol. The third kappa shape index (κ3) is 5.02. The van der Waals surface area contributed by atoms with Crippen molar-refractivity contribution in [1.29, 1.82) is 0 Å². The van der Waals surface area contributed by atoms with E-state index in [4.69, 9.17) is 0 Å².